The molecule has 1 aliphatic heterocycles. The van der Waals surface area contributed by atoms with Crippen molar-refractivity contribution in [3.63, 3.8) is 0 Å². The van der Waals surface area contributed by atoms with Crippen molar-refractivity contribution in [3.8, 4) is 33.4 Å². The third-order valence-electron chi connectivity index (χ3n) is 11.3. The third-order valence-corrected chi connectivity index (χ3v) is 11.3. The molecule has 52 heavy (non-hydrogen) atoms. The fourth-order valence-corrected chi connectivity index (χ4v) is 8.51. The monoisotopic (exact) mass is 672 g/mol. The Labute approximate surface area is 308 Å². The molecule has 254 valence electrons. The molecule has 2 unspecified atom stereocenters. The van der Waals surface area contributed by atoms with Gasteiger partial charge in [-0.2, -0.15) is 0 Å². The molecule has 4 aromatic carbocycles. The minimum absolute atomic E-state index is 0.0288. The maximum Gasteiger partial charge on any atom is 0.145 e. The number of allylic oxidation sites excluding steroid dienone is 15. The lowest BCUT2D eigenvalue weighted by Crippen LogP contribution is -2.29. The predicted octanol–water partition coefficient (Wildman–Crippen LogP) is 12.6. The number of fused-ring (bicyclic) bond motifs is 2. The van der Waals surface area contributed by atoms with E-state index in [0.29, 0.717) is 5.92 Å². The van der Waals surface area contributed by atoms with Gasteiger partial charge in [0.25, 0.3) is 0 Å². The first kappa shape index (κ1) is 32.2. The summed E-state index contributed by atoms with van der Waals surface area (Å²) >= 11 is 0. The molecule has 5 aliphatic rings. The van der Waals surface area contributed by atoms with Crippen LogP contribution in [0.5, 0.6) is 0 Å². The van der Waals surface area contributed by atoms with Crippen LogP contribution in [0.2, 0.25) is 0 Å². The molecule has 1 heterocycles. The van der Waals surface area contributed by atoms with Gasteiger partial charge in [0.1, 0.15) is 6.17 Å². The number of rotatable bonds is 6. The SMILES string of the molecule is CC1(C)C2=C(C=CCC=C2)c2c(-c3cccc(-c4cccc(-c5cccc(C6N=C(C7=CC=CCC7)C=C(C7C=CC=CC7)N6)c5)c4)c3)cccc21. The third kappa shape index (κ3) is 5.93. The zero-order valence-electron chi connectivity index (χ0n) is 30.0. The molecule has 0 amide bonds. The van der Waals surface area contributed by atoms with E-state index in [0.717, 1.165) is 31.4 Å². The molecule has 0 radical (unpaired) electrons. The number of nitrogens with zero attached hydrogens (tertiary/aromatic N) is 1. The van der Waals surface area contributed by atoms with Crippen molar-refractivity contribution < 1.29 is 0 Å². The molecule has 0 bridgehead atoms. The Morgan fingerprint density at radius 1 is 0.712 bits per heavy atom. The lowest BCUT2D eigenvalue weighted by molar-refractivity contribution is 0.558. The summed E-state index contributed by atoms with van der Waals surface area (Å²) < 4.78 is 0. The Bertz CT molecular complexity index is 2360. The number of aliphatic imine (C=N–C) groups is 1. The highest BCUT2D eigenvalue weighted by atomic mass is 15.1. The van der Waals surface area contributed by atoms with Gasteiger partial charge in [0.05, 0.1) is 5.71 Å². The van der Waals surface area contributed by atoms with Crippen molar-refractivity contribution in [1.29, 1.82) is 0 Å². The van der Waals surface area contributed by atoms with E-state index in [1.54, 1.807) is 0 Å². The molecule has 4 aliphatic carbocycles. The molecule has 0 aromatic heterocycles. The molecule has 1 N–H and O–H groups in total. The highest BCUT2D eigenvalue weighted by molar-refractivity contribution is 6.09. The molecule has 0 saturated carbocycles. The van der Waals surface area contributed by atoms with Crippen molar-refractivity contribution in [2.24, 2.45) is 10.9 Å². The standard InChI is InChI=1S/C50H44N2/c1-50(2)44-28-11-5-10-26-43(44)48-42(27-15-29-45(48)50)40-24-13-22-38(31-40)36-20-12-21-37(30-36)39-23-14-25-41(32-39)49-51-46(34-16-6-3-7-17-34)33-47(52-49)35-18-8-4-9-19-35/h3-4,6-8,10-16,18,20-34,49,51H,5,9,17,19H2,1-2H3. The second kappa shape index (κ2) is 13.4. The second-order valence-electron chi connectivity index (χ2n) is 15.0. The van der Waals surface area contributed by atoms with Gasteiger partial charge in [-0.3, -0.25) is 4.99 Å². The average molecular weight is 673 g/mol. The predicted molar refractivity (Wildman–Crippen MR) is 220 cm³/mol. The van der Waals surface area contributed by atoms with E-state index < -0.39 is 0 Å². The lowest BCUT2D eigenvalue weighted by Gasteiger charge is -2.29. The minimum atomic E-state index is -0.145. The van der Waals surface area contributed by atoms with Gasteiger partial charge in [-0.1, -0.05) is 153 Å². The van der Waals surface area contributed by atoms with E-state index in [2.05, 4.69) is 183 Å². The van der Waals surface area contributed by atoms with Crippen molar-refractivity contribution in [2.45, 2.75) is 51.1 Å². The first-order chi connectivity index (χ1) is 25.5. The Morgan fingerprint density at radius 2 is 1.44 bits per heavy atom. The topological polar surface area (TPSA) is 24.4 Å². The van der Waals surface area contributed by atoms with E-state index in [9.17, 15) is 0 Å². The maximum absolute atomic E-state index is 5.30. The summed E-state index contributed by atoms with van der Waals surface area (Å²) in [6.45, 7) is 4.72. The molecular formula is C50H44N2. The highest BCUT2D eigenvalue weighted by Crippen LogP contribution is 2.51. The van der Waals surface area contributed by atoms with Crippen LogP contribution in [0.15, 0.2) is 186 Å². The smallest absolute Gasteiger partial charge is 0.145 e. The van der Waals surface area contributed by atoms with Crippen molar-refractivity contribution in [3.05, 3.63) is 197 Å². The number of nitrogens with one attached hydrogen (secondary N) is 1. The lowest BCUT2D eigenvalue weighted by atomic mass is 9.80. The fourth-order valence-electron chi connectivity index (χ4n) is 8.51. The van der Waals surface area contributed by atoms with Gasteiger partial charge >= 0.3 is 0 Å². The molecule has 2 nitrogen and oxygen atoms in total. The van der Waals surface area contributed by atoms with Crippen LogP contribution >= 0.6 is 0 Å². The molecule has 4 aromatic rings. The summed E-state index contributed by atoms with van der Waals surface area (Å²) in [4.78, 5) is 5.30. The largest absolute Gasteiger partial charge is 0.363 e. The number of hydrogen-bond acceptors (Lipinski definition) is 2. The normalized spacial score (nSPS) is 21.2. The number of benzene rings is 4. The molecule has 0 saturated heterocycles. The molecule has 2 atom stereocenters. The van der Waals surface area contributed by atoms with Crippen LogP contribution in [0.1, 0.15) is 62.4 Å². The van der Waals surface area contributed by atoms with E-state index in [-0.39, 0.29) is 11.6 Å². The van der Waals surface area contributed by atoms with Gasteiger partial charge in [0.15, 0.2) is 0 Å². The Hall–Kier alpha value is -5.73. The van der Waals surface area contributed by atoms with E-state index in [4.69, 9.17) is 4.99 Å². The summed E-state index contributed by atoms with van der Waals surface area (Å²) in [5.74, 6) is 0.330. The summed E-state index contributed by atoms with van der Waals surface area (Å²) in [5, 5.41) is 3.82. The van der Waals surface area contributed by atoms with E-state index in [1.165, 1.54) is 72.5 Å². The summed E-state index contributed by atoms with van der Waals surface area (Å²) in [6, 6.07) is 33.8. The van der Waals surface area contributed by atoms with Gasteiger partial charge in [0.2, 0.25) is 0 Å². The Balaban J connectivity index is 1.04. The van der Waals surface area contributed by atoms with Gasteiger partial charge in [-0.25, -0.2) is 0 Å². The van der Waals surface area contributed by atoms with Crippen LogP contribution in [0.25, 0.3) is 39.0 Å². The van der Waals surface area contributed by atoms with E-state index in [1.807, 2.05) is 0 Å². The van der Waals surface area contributed by atoms with Crippen LogP contribution in [-0.2, 0) is 5.41 Å². The van der Waals surface area contributed by atoms with Gasteiger partial charge in [0, 0.05) is 17.0 Å². The summed E-state index contributed by atoms with van der Waals surface area (Å²) in [6.07, 6.45) is 31.0. The molecule has 2 heteroatoms. The number of hydrogen-bond donors (Lipinski definition) is 1. The molecule has 0 fully saturated rings. The molecule has 9 rings (SSSR count). The minimum Gasteiger partial charge on any atom is -0.363 e. The molecular weight excluding hydrogens is 629 g/mol. The van der Waals surface area contributed by atoms with Gasteiger partial charge in [-0.05, 0) is 117 Å². The van der Waals surface area contributed by atoms with E-state index >= 15 is 0 Å². The van der Waals surface area contributed by atoms with Crippen LogP contribution in [0.3, 0.4) is 0 Å². The van der Waals surface area contributed by atoms with Crippen molar-refractivity contribution in [2.75, 3.05) is 0 Å². The van der Waals surface area contributed by atoms with Crippen LogP contribution in [0, 0.1) is 5.92 Å². The zero-order valence-corrected chi connectivity index (χ0v) is 30.0. The first-order valence-electron chi connectivity index (χ1n) is 18.8. The fraction of sp³-hybridized carbons (Fsp3) is 0.180. The van der Waals surface area contributed by atoms with Crippen LogP contribution in [-0.4, -0.2) is 5.71 Å². The summed E-state index contributed by atoms with van der Waals surface area (Å²) in [7, 11) is 0. The average Bonchev–Trinajstić information content (AvgIpc) is 3.34. The maximum atomic E-state index is 5.30. The Kier molecular flexibility index (Phi) is 8.32. The van der Waals surface area contributed by atoms with Crippen LogP contribution < -0.4 is 5.32 Å². The second-order valence-corrected chi connectivity index (χ2v) is 15.0. The highest BCUT2D eigenvalue weighted by Gasteiger charge is 2.37. The first-order valence-corrected chi connectivity index (χ1v) is 18.8. The zero-order chi connectivity index (χ0) is 35.1. The van der Waals surface area contributed by atoms with Crippen molar-refractivity contribution >= 4 is 11.3 Å². The van der Waals surface area contributed by atoms with Crippen molar-refractivity contribution in [1.82, 2.24) is 5.32 Å². The quantitative estimate of drug-likeness (QED) is 0.217. The van der Waals surface area contributed by atoms with Crippen LogP contribution in [0.4, 0.5) is 0 Å². The van der Waals surface area contributed by atoms with Gasteiger partial charge in [-0.15, -0.1) is 0 Å². The molecule has 0 spiro atoms. The summed E-state index contributed by atoms with van der Waals surface area (Å²) in [5.41, 5.74) is 17.7. The Morgan fingerprint density at radius 3 is 2.21 bits per heavy atom. The van der Waals surface area contributed by atoms with Gasteiger partial charge < -0.3 is 5.32 Å².